The van der Waals surface area contributed by atoms with E-state index in [4.69, 9.17) is 5.73 Å². The van der Waals surface area contributed by atoms with Crippen LogP contribution in [0, 0.1) is 10.1 Å². The van der Waals surface area contributed by atoms with Gasteiger partial charge in [-0.15, -0.1) is 0 Å². The van der Waals surface area contributed by atoms with Crippen molar-refractivity contribution in [1.29, 1.82) is 0 Å². The molecule has 0 aromatic heterocycles. The SMILES string of the molecule is CCNC(=O)c1ccc([N+](=O)[O-])c(N2CCCC2CN)c1. The number of nitro groups is 1. The first-order valence-corrected chi connectivity index (χ1v) is 7.11. The highest BCUT2D eigenvalue weighted by atomic mass is 16.6. The average Bonchev–Trinajstić information content (AvgIpc) is 2.95. The van der Waals surface area contributed by atoms with Crippen LogP contribution < -0.4 is 16.0 Å². The van der Waals surface area contributed by atoms with Crippen LogP contribution in [0.1, 0.15) is 30.1 Å². The van der Waals surface area contributed by atoms with Crippen molar-refractivity contribution in [3.05, 3.63) is 33.9 Å². The van der Waals surface area contributed by atoms with E-state index in [9.17, 15) is 14.9 Å². The zero-order chi connectivity index (χ0) is 15.4. The summed E-state index contributed by atoms with van der Waals surface area (Å²) in [6.45, 7) is 3.51. The third-order valence-corrected chi connectivity index (χ3v) is 3.73. The van der Waals surface area contributed by atoms with Gasteiger partial charge in [0, 0.05) is 37.3 Å². The van der Waals surface area contributed by atoms with E-state index in [1.807, 2.05) is 11.8 Å². The van der Waals surface area contributed by atoms with Crippen LogP contribution in [0.25, 0.3) is 0 Å². The molecule has 7 heteroatoms. The molecule has 1 aliphatic heterocycles. The number of hydrogen-bond donors (Lipinski definition) is 2. The number of nitro benzene ring substituents is 1. The van der Waals surface area contributed by atoms with Gasteiger partial charge in [-0.3, -0.25) is 14.9 Å². The minimum atomic E-state index is -0.414. The molecule has 0 radical (unpaired) electrons. The number of nitrogens with two attached hydrogens (primary N) is 1. The van der Waals surface area contributed by atoms with Crippen LogP contribution in [0.5, 0.6) is 0 Å². The molecule has 1 aromatic rings. The number of rotatable bonds is 5. The summed E-state index contributed by atoms with van der Waals surface area (Å²) >= 11 is 0. The van der Waals surface area contributed by atoms with Crippen molar-refractivity contribution in [2.75, 3.05) is 24.5 Å². The molecule has 1 fully saturated rings. The van der Waals surface area contributed by atoms with Gasteiger partial charge in [-0.2, -0.15) is 0 Å². The molecule has 3 N–H and O–H groups in total. The van der Waals surface area contributed by atoms with E-state index in [2.05, 4.69) is 5.32 Å². The van der Waals surface area contributed by atoms with Crippen molar-refractivity contribution in [3.63, 3.8) is 0 Å². The second kappa shape index (κ2) is 6.53. The van der Waals surface area contributed by atoms with E-state index < -0.39 is 4.92 Å². The predicted octanol–water partition coefficient (Wildman–Crippen LogP) is 1.27. The fourth-order valence-electron chi connectivity index (χ4n) is 2.71. The Bertz CT molecular complexity index is 547. The van der Waals surface area contributed by atoms with E-state index in [0.717, 1.165) is 19.4 Å². The van der Waals surface area contributed by atoms with Gasteiger partial charge in [0.2, 0.25) is 0 Å². The van der Waals surface area contributed by atoms with Gasteiger partial charge in [0.25, 0.3) is 11.6 Å². The largest absolute Gasteiger partial charge is 0.362 e. The lowest BCUT2D eigenvalue weighted by molar-refractivity contribution is -0.384. The third kappa shape index (κ3) is 3.13. The molecule has 21 heavy (non-hydrogen) atoms. The van der Waals surface area contributed by atoms with Gasteiger partial charge in [0.05, 0.1) is 4.92 Å². The van der Waals surface area contributed by atoms with Gasteiger partial charge >= 0.3 is 0 Å². The first-order chi connectivity index (χ1) is 10.1. The first kappa shape index (κ1) is 15.2. The molecule has 114 valence electrons. The van der Waals surface area contributed by atoms with Crippen LogP contribution in [0.3, 0.4) is 0 Å². The molecule has 1 amide bonds. The summed E-state index contributed by atoms with van der Waals surface area (Å²) in [5, 5.41) is 13.9. The Kier molecular flexibility index (Phi) is 4.74. The molecular formula is C14H20N4O3. The zero-order valence-corrected chi connectivity index (χ0v) is 12.0. The van der Waals surface area contributed by atoms with Crippen LogP contribution in [-0.4, -0.2) is 36.5 Å². The van der Waals surface area contributed by atoms with Crippen molar-refractivity contribution >= 4 is 17.3 Å². The Morgan fingerprint density at radius 2 is 2.33 bits per heavy atom. The van der Waals surface area contributed by atoms with Gasteiger partial charge in [0.1, 0.15) is 5.69 Å². The zero-order valence-electron chi connectivity index (χ0n) is 12.0. The number of nitrogens with zero attached hydrogens (tertiary/aromatic N) is 2. The normalized spacial score (nSPS) is 17.8. The number of amides is 1. The lowest BCUT2D eigenvalue weighted by atomic mass is 10.1. The smallest absolute Gasteiger partial charge is 0.292 e. The fourth-order valence-corrected chi connectivity index (χ4v) is 2.71. The molecule has 1 heterocycles. The fraction of sp³-hybridized carbons (Fsp3) is 0.500. The second-order valence-electron chi connectivity index (χ2n) is 5.05. The minimum absolute atomic E-state index is 0.0170. The Morgan fingerprint density at radius 1 is 1.57 bits per heavy atom. The maximum absolute atomic E-state index is 11.9. The molecule has 0 saturated carbocycles. The highest BCUT2D eigenvalue weighted by molar-refractivity contribution is 5.96. The Morgan fingerprint density at radius 3 is 2.95 bits per heavy atom. The van der Waals surface area contributed by atoms with E-state index in [1.54, 1.807) is 6.07 Å². The van der Waals surface area contributed by atoms with Gasteiger partial charge in [-0.05, 0) is 31.9 Å². The van der Waals surface area contributed by atoms with Crippen molar-refractivity contribution in [2.45, 2.75) is 25.8 Å². The van der Waals surface area contributed by atoms with Crippen LogP contribution in [-0.2, 0) is 0 Å². The van der Waals surface area contributed by atoms with E-state index in [-0.39, 0.29) is 17.6 Å². The summed E-state index contributed by atoms with van der Waals surface area (Å²) in [5.74, 6) is -0.225. The summed E-state index contributed by atoms with van der Waals surface area (Å²) in [6, 6.07) is 4.57. The number of carbonyl (C=O) groups excluding carboxylic acids is 1. The molecular weight excluding hydrogens is 272 g/mol. The molecule has 1 saturated heterocycles. The van der Waals surface area contributed by atoms with E-state index >= 15 is 0 Å². The molecule has 0 aliphatic carbocycles. The lowest BCUT2D eigenvalue weighted by Gasteiger charge is -2.25. The Balaban J connectivity index is 2.42. The molecule has 7 nitrogen and oxygen atoms in total. The quantitative estimate of drug-likeness (QED) is 0.628. The molecule has 1 aromatic carbocycles. The number of benzene rings is 1. The van der Waals surface area contributed by atoms with Crippen LogP contribution in [0.4, 0.5) is 11.4 Å². The van der Waals surface area contributed by atoms with Gasteiger partial charge in [0.15, 0.2) is 0 Å². The minimum Gasteiger partial charge on any atom is -0.362 e. The Hall–Kier alpha value is -2.15. The summed E-state index contributed by atoms with van der Waals surface area (Å²) in [6.07, 6.45) is 1.86. The highest BCUT2D eigenvalue weighted by Gasteiger charge is 2.29. The lowest BCUT2D eigenvalue weighted by Crippen LogP contribution is -2.36. The summed E-state index contributed by atoms with van der Waals surface area (Å²) in [4.78, 5) is 24.7. The predicted molar refractivity (Wildman–Crippen MR) is 80.5 cm³/mol. The van der Waals surface area contributed by atoms with E-state index in [1.165, 1.54) is 12.1 Å². The third-order valence-electron chi connectivity index (χ3n) is 3.73. The molecule has 1 unspecified atom stereocenters. The summed E-state index contributed by atoms with van der Waals surface area (Å²) in [5.41, 5.74) is 6.67. The molecule has 0 bridgehead atoms. The monoisotopic (exact) mass is 292 g/mol. The van der Waals surface area contributed by atoms with Crippen molar-refractivity contribution < 1.29 is 9.72 Å². The average molecular weight is 292 g/mol. The second-order valence-corrected chi connectivity index (χ2v) is 5.05. The van der Waals surface area contributed by atoms with Gasteiger partial charge in [-0.25, -0.2) is 0 Å². The highest BCUT2D eigenvalue weighted by Crippen LogP contribution is 2.34. The number of hydrogen-bond acceptors (Lipinski definition) is 5. The van der Waals surface area contributed by atoms with Gasteiger partial charge in [-0.1, -0.05) is 0 Å². The van der Waals surface area contributed by atoms with Gasteiger partial charge < -0.3 is 16.0 Å². The van der Waals surface area contributed by atoms with Crippen molar-refractivity contribution in [2.24, 2.45) is 5.73 Å². The van der Waals surface area contributed by atoms with E-state index in [0.29, 0.717) is 24.3 Å². The number of anilines is 1. The molecule has 0 spiro atoms. The molecule has 1 aliphatic rings. The number of carbonyl (C=O) groups is 1. The van der Waals surface area contributed by atoms with Crippen molar-refractivity contribution in [3.8, 4) is 0 Å². The maximum Gasteiger partial charge on any atom is 0.292 e. The first-order valence-electron chi connectivity index (χ1n) is 7.11. The Labute approximate surface area is 123 Å². The van der Waals surface area contributed by atoms with Crippen LogP contribution in [0.2, 0.25) is 0 Å². The molecule has 1 atom stereocenters. The van der Waals surface area contributed by atoms with Crippen molar-refractivity contribution in [1.82, 2.24) is 5.32 Å². The van der Waals surface area contributed by atoms with Crippen LogP contribution >= 0.6 is 0 Å². The maximum atomic E-state index is 11.9. The standard InChI is InChI=1S/C14H20N4O3/c1-2-16-14(19)10-5-6-12(18(20)21)13(8-10)17-7-3-4-11(17)9-15/h5-6,8,11H,2-4,7,9,15H2,1H3,(H,16,19). The van der Waals surface area contributed by atoms with Crippen LogP contribution in [0.15, 0.2) is 18.2 Å². The number of nitrogens with one attached hydrogen (secondary N) is 1. The summed E-state index contributed by atoms with van der Waals surface area (Å²) in [7, 11) is 0. The topological polar surface area (TPSA) is 101 Å². The summed E-state index contributed by atoms with van der Waals surface area (Å²) < 4.78 is 0. The molecule has 2 rings (SSSR count).